The molecule has 4 rings (SSSR count). The highest BCUT2D eigenvalue weighted by Gasteiger charge is 2.44. The summed E-state index contributed by atoms with van der Waals surface area (Å²) in [7, 11) is 1.67. The van der Waals surface area contributed by atoms with Crippen LogP contribution in [0, 0.1) is 0 Å². The number of fused-ring (bicyclic) bond motifs is 2. The average Bonchev–Trinajstić information content (AvgIpc) is 3.51. The van der Waals surface area contributed by atoms with E-state index in [1.165, 1.54) is 33.9 Å². The largest absolute Gasteiger partial charge is 0.382 e. The third-order valence-electron chi connectivity index (χ3n) is 9.67. The summed E-state index contributed by atoms with van der Waals surface area (Å²) in [4.78, 5) is 2.41. The van der Waals surface area contributed by atoms with Gasteiger partial charge in [-0.05, 0) is 38.0 Å². The Kier molecular flexibility index (Phi) is 18.7. The van der Waals surface area contributed by atoms with Crippen molar-refractivity contribution in [1.29, 1.82) is 0 Å². The number of allylic oxidation sites excluding steroid dienone is 4. The van der Waals surface area contributed by atoms with Crippen LogP contribution in [0.2, 0.25) is 0 Å². The molecule has 10 nitrogen and oxygen atoms in total. The van der Waals surface area contributed by atoms with Gasteiger partial charge < -0.3 is 42.8 Å². The highest BCUT2D eigenvalue weighted by molar-refractivity contribution is 6.03. The molecule has 0 radical (unpaired) electrons. The van der Waals surface area contributed by atoms with Gasteiger partial charge in [0.05, 0.1) is 91.3 Å². The van der Waals surface area contributed by atoms with E-state index in [1.807, 2.05) is 0 Å². The van der Waals surface area contributed by atoms with Crippen LogP contribution in [0.25, 0.3) is 0 Å². The fourth-order valence-electron chi connectivity index (χ4n) is 6.90. The molecule has 0 amide bonds. The molecule has 53 heavy (non-hydrogen) atoms. The summed E-state index contributed by atoms with van der Waals surface area (Å²) in [6.07, 6.45) is 7.82. The first-order chi connectivity index (χ1) is 25.8. The molecule has 0 bridgehead atoms. The van der Waals surface area contributed by atoms with Crippen LogP contribution in [0.5, 0.6) is 0 Å². The predicted octanol–water partition coefficient (Wildman–Crippen LogP) is 6.47. The average molecular weight is 738 g/mol. The first-order valence-electron chi connectivity index (χ1n) is 19.4. The summed E-state index contributed by atoms with van der Waals surface area (Å²) >= 11 is 0. The Balaban J connectivity index is 1.34. The highest BCUT2D eigenvalue weighted by atomic mass is 16.6. The van der Waals surface area contributed by atoms with Gasteiger partial charge in [-0.2, -0.15) is 4.58 Å². The standard InChI is InChI=1S/C43H65N2O8/c1-7-21-47-26-29-51-34-35-53-31-28-49-23-20-45-39-16-11-9-14-37(39)43(4,5)41(45)18-12-17-40-42(2,3)36-13-8-10-15-38(36)44(40)19-22-48-27-30-52-33-32-50-25-24-46-6/h8-18H,7,19-35H2,1-6H3/q+1. The topological polar surface area (TPSA) is 80.1 Å². The third-order valence-corrected chi connectivity index (χ3v) is 9.67. The minimum absolute atomic E-state index is 0.156. The molecular weight excluding hydrogens is 672 g/mol. The molecule has 294 valence electrons. The Morgan fingerprint density at radius 1 is 0.585 bits per heavy atom. The quantitative estimate of drug-likeness (QED) is 0.0721. The number of hydrogen-bond acceptors (Lipinski definition) is 9. The van der Waals surface area contributed by atoms with Crippen molar-refractivity contribution in [2.24, 2.45) is 0 Å². The van der Waals surface area contributed by atoms with Crippen molar-refractivity contribution < 1.29 is 42.5 Å². The summed E-state index contributed by atoms with van der Waals surface area (Å²) in [5.74, 6) is 0. The highest BCUT2D eigenvalue weighted by Crippen LogP contribution is 2.47. The summed E-state index contributed by atoms with van der Waals surface area (Å²) in [6, 6.07) is 17.4. The van der Waals surface area contributed by atoms with Gasteiger partial charge in [-0.1, -0.05) is 63.2 Å². The maximum absolute atomic E-state index is 6.04. The first-order valence-corrected chi connectivity index (χ1v) is 19.4. The van der Waals surface area contributed by atoms with Crippen molar-refractivity contribution in [3.05, 3.63) is 83.6 Å². The van der Waals surface area contributed by atoms with Crippen LogP contribution >= 0.6 is 0 Å². The van der Waals surface area contributed by atoms with Crippen molar-refractivity contribution in [2.75, 3.05) is 124 Å². The van der Waals surface area contributed by atoms with Crippen LogP contribution in [-0.2, 0) is 48.7 Å². The summed E-state index contributed by atoms with van der Waals surface area (Å²) in [5, 5.41) is 0. The Morgan fingerprint density at radius 3 is 1.70 bits per heavy atom. The Labute approximate surface area is 318 Å². The van der Waals surface area contributed by atoms with Gasteiger partial charge in [-0.3, -0.25) is 0 Å². The van der Waals surface area contributed by atoms with Gasteiger partial charge in [-0.25, -0.2) is 0 Å². The molecule has 0 saturated carbocycles. The molecule has 2 aliphatic heterocycles. The molecule has 0 aliphatic carbocycles. The molecule has 0 unspecified atom stereocenters. The molecule has 0 spiro atoms. The van der Waals surface area contributed by atoms with Gasteiger partial charge >= 0.3 is 0 Å². The molecule has 2 aliphatic rings. The van der Waals surface area contributed by atoms with Crippen LogP contribution in [0.1, 0.15) is 52.2 Å². The van der Waals surface area contributed by atoms with Gasteiger partial charge in [0, 0.05) is 54.8 Å². The molecule has 2 heterocycles. The lowest BCUT2D eigenvalue weighted by atomic mass is 9.81. The van der Waals surface area contributed by atoms with Crippen LogP contribution in [-0.4, -0.2) is 130 Å². The van der Waals surface area contributed by atoms with E-state index in [2.05, 4.69) is 111 Å². The van der Waals surface area contributed by atoms with E-state index in [4.69, 9.17) is 37.9 Å². The summed E-state index contributed by atoms with van der Waals surface area (Å²) < 4.78 is 47.3. The molecule has 2 aromatic carbocycles. The summed E-state index contributed by atoms with van der Waals surface area (Å²) in [6.45, 7) is 21.6. The monoisotopic (exact) mass is 737 g/mol. The van der Waals surface area contributed by atoms with Gasteiger partial charge in [-0.15, -0.1) is 0 Å². The van der Waals surface area contributed by atoms with Gasteiger partial charge in [0.25, 0.3) is 0 Å². The van der Waals surface area contributed by atoms with E-state index in [9.17, 15) is 0 Å². The number of rotatable bonds is 28. The van der Waals surface area contributed by atoms with Crippen LogP contribution < -0.4 is 4.90 Å². The number of ether oxygens (including phenoxy) is 8. The van der Waals surface area contributed by atoms with E-state index < -0.39 is 0 Å². The lowest BCUT2D eigenvalue weighted by Gasteiger charge is -2.27. The molecule has 2 aromatic rings. The molecule has 0 atom stereocenters. The smallest absolute Gasteiger partial charge is 0.209 e. The van der Waals surface area contributed by atoms with Gasteiger partial charge in [0.1, 0.15) is 6.61 Å². The number of nitrogens with zero attached hydrogens (tertiary/aromatic N) is 2. The first kappa shape index (κ1) is 42.8. The Morgan fingerprint density at radius 2 is 1.09 bits per heavy atom. The molecule has 0 N–H and O–H groups in total. The maximum Gasteiger partial charge on any atom is 0.209 e. The zero-order valence-corrected chi connectivity index (χ0v) is 33.2. The molecular formula is C43H65N2O8+. The SMILES string of the molecule is CCCOCCOCCOCCOCCN1/C(=C/C=C/C2=[N+](CCOCCOCCOCCOC)c3ccccc3C2(C)C)C(C)(C)c2ccccc21. The van der Waals surface area contributed by atoms with E-state index in [-0.39, 0.29) is 10.8 Å². The van der Waals surface area contributed by atoms with Gasteiger partial charge in [0.2, 0.25) is 5.69 Å². The maximum atomic E-state index is 6.04. The van der Waals surface area contributed by atoms with E-state index in [1.54, 1.807) is 7.11 Å². The molecule has 0 fully saturated rings. The van der Waals surface area contributed by atoms with Crippen molar-refractivity contribution >= 4 is 17.1 Å². The van der Waals surface area contributed by atoms with Crippen LogP contribution in [0.3, 0.4) is 0 Å². The van der Waals surface area contributed by atoms with Crippen molar-refractivity contribution in [2.45, 2.75) is 51.9 Å². The second-order valence-corrected chi connectivity index (χ2v) is 14.2. The van der Waals surface area contributed by atoms with E-state index in [0.29, 0.717) is 92.5 Å². The predicted molar refractivity (Wildman–Crippen MR) is 211 cm³/mol. The van der Waals surface area contributed by atoms with Crippen molar-refractivity contribution in [3.63, 3.8) is 0 Å². The fraction of sp³-hybridized carbons (Fsp3) is 0.605. The fourth-order valence-corrected chi connectivity index (χ4v) is 6.90. The van der Waals surface area contributed by atoms with E-state index in [0.717, 1.165) is 26.1 Å². The second kappa shape index (κ2) is 23.1. The van der Waals surface area contributed by atoms with Crippen molar-refractivity contribution in [1.82, 2.24) is 0 Å². The summed E-state index contributed by atoms with van der Waals surface area (Å²) in [5.41, 5.74) is 7.31. The Hall–Kier alpha value is -2.93. The number of hydrogen-bond donors (Lipinski definition) is 0. The lowest BCUT2D eigenvalue weighted by Crippen LogP contribution is -2.30. The second-order valence-electron chi connectivity index (χ2n) is 14.2. The van der Waals surface area contributed by atoms with E-state index >= 15 is 0 Å². The zero-order chi connectivity index (χ0) is 37.8. The number of methoxy groups -OCH3 is 1. The molecule has 0 saturated heterocycles. The normalized spacial score (nSPS) is 16.7. The number of anilines is 1. The minimum Gasteiger partial charge on any atom is -0.382 e. The zero-order valence-electron chi connectivity index (χ0n) is 33.2. The van der Waals surface area contributed by atoms with Crippen LogP contribution in [0.15, 0.2) is 72.5 Å². The number of para-hydroxylation sites is 2. The molecule has 10 heteroatoms. The Bertz CT molecular complexity index is 1450. The third kappa shape index (κ3) is 12.6. The lowest BCUT2D eigenvalue weighted by molar-refractivity contribution is -0.442. The number of benzene rings is 2. The van der Waals surface area contributed by atoms with Gasteiger partial charge in [0.15, 0.2) is 12.3 Å². The van der Waals surface area contributed by atoms with Crippen LogP contribution in [0.4, 0.5) is 11.4 Å². The molecule has 0 aromatic heterocycles. The minimum atomic E-state index is -0.157. The van der Waals surface area contributed by atoms with Crippen molar-refractivity contribution in [3.8, 4) is 0 Å².